The summed E-state index contributed by atoms with van der Waals surface area (Å²) in [6.07, 6.45) is 1.65. The minimum absolute atomic E-state index is 0.00747. The lowest BCUT2D eigenvalue weighted by Crippen LogP contribution is -2.33. The number of aryl methyl sites for hydroxylation is 1. The van der Waals surface area contributed by atoms with E-state index in [-0.39, 0.29) is 45.2 Å². The van der Waals surface area contributed by atoms with Crippen molar-refractivity contribution in [2.45, 2.75) is 37.2 Å². The summed E-state index contributed by atoms with van der Waals surface area (Å²) in [4.78, 5) is 14.6. The summed E-state index contributed by atoms with van der Waals surface area (Å²) in [6.45, 7) is 1.53. The summed E-state index contributed by atoms with van der Waals surface area (Å²) in [5.41, 5.74) is 1.07. The van der Waals surface area contributed by atoms with E-state index in [9.17, 15) is 22.0 Å². The minimum atomic E-state index is -3.92. The van der Waals surface area contributed by atoms with Gasteiger partial charge < -0.3 is 4.90 Å². The van der Waals surface area contributed by atoms with Crippen LogP contribution in [0.2, 0.25) is 5.02 Å². The van der Waals surface area contributed by atoms with Crippen molar-refractivity contribution in [2.75, 3.05) is 4.72 Å². The van der Waals surface area contributed by atoms with Gasteiger partial charge in [0, 0.05) is 27.9 Å². The predicted molar refractivity (Wildman–Crippen MR) is 123 cm³/mol. The molecule has 1 aliphatic carbocycles. The normalized spacial score (nSPS) is 13.6. The maximum atomic E-state index is 14.2. The molecule has 4 rings (SSSR count). The van der Waals surface area contributed by atoms with Gasteiger partial charge in [-0.25, -0.2) is 17.2 Å². The molecule has 1 amide bonds. The molecule has 0 aromatic heterocycles. The summed E-state index contributed by atoms with van der Waals surface area (Å²) in [7, 11) is -3.92. The van der Waals surface area contributed by atoms with E-state index >= 15 is 0 Å². The van der Waals surface area contributed by atoms with Gasteiger partial charge in [0.25, 0.3) is 15.9 Å². The molecular formula is C24H21ClF2N2O3S. The molecule has 33 heavy (non-hydrogen) atoms. The molecule has 0 heterocycles. The fourth-order valence-electron chi connectivity index (χ4n) is 3.45. The van der Waals surface area contributed by atoms with Gasteiger partial charge in [-0.1, -0.05) is 17.7 Å². The number of carbonyl (C=O) groups is 1. The lowest BCUT2D eigenvalue weighted by atomic mass is 10.1. The molecular weight excluding hydrogens is 470 g/mol. The number of halogens is 3. The van der Waals surface area contributed by atoms with Crippen LogP contribution in [-0.4, -0.2) is 25.3 Å². The van der Waals surface area contributed by atoms with Gasteiger partial charge in [-0.2, -0.15) is 0 Å². The highest BCUT2D eigenvalue weighted by Gasteiger charge is 2.34. The number of nitrogens with zero attached hydrogens (tertiary/aromatic N) is 1. The summed E-state index contributed by atoms with van der Waals surface area (Å²) in [5, 5.41) is 0.259. The molecule has 172 valence electrons. The zero-order valence-electron chi connectivity index (χ0n) is 17.7. The van der Waals surface area contributed by atoms with Crippen LogP contribution in [0.15, 0.2) is 65.6 Å². The monoisotopic (exact) mass is 490 g/mol. The molecule has 1 aliphatic rings. The smallest absolute Gasteiger partial charge is 0.261 e. The number of carbonyl (C=O) groups excluding carboxylic acids is 1. The van der Waals surface area contributed by atoms with Crippen molar-refractivity contribution in [2.24, 2.45) is 0 Å². The maximum Gasteiger partial charge on any atom is 0.261 e. The van der Waals surface area contributed by atoms with Crippen molar-refractivity contribution in [3.05, 3.63) is 94.0 Å². The van der Waals surface area contributed by atoms with E-state index in [0.717, 1.165) is 18.9 Å². The largest absolute Gasteiger partial charge is 0.331 e. The number of rotatable bonds is 7. The van der Waals surface area contributed by atoms with Gasteiger partial charge >= 0.3 is 0 Å². The zero-order chi connectivity index (χ0) is 23.8. The molecule has 9 heteroatoms. The standard InChI is InChI=1S/C24H21ClF2N2O3S/c1-15-13-19(11-12-22(15)26)33(31,32)28-17-7-5-16(6-8-17)24(30)29(18-9-10-18)14-20-21(25)3-2-4-23(20)27/h2-8,11-13,18,28H,9-10,14H2,1H3. The van der Waals surface area contributed by atoms with E-state index in [4.69, 9.17) is 11.6 Å². The van der Waals surface area contributed by atoms with Crippen molar-refractivity contribution in [1.29, 1.82) is 0 Å². The van der Waals surface area contributed by atoms with Crippen molar-refractivity contribution in [3.63, 3.8) is 0 Å². The van der Waals surface area contributed by atoms with Crippen LogP contribution in [0.5, 0.6) is 0 Å². The zero-order valence-corrected chi connectivity index (χ0v) is 19.3. The first kappa shape index (κ1) is 23.2. The number of hydrogen-bond acceptors (Lipinski definition) is 3. The molecule has 0 spiro atoms. The van der Waals surface area contributed by atoms with Gasteiger partial charge in [-0.05, 0) is 79.9 Å². The third-order valence-electron chi connectivity index (χ3n) is 5.46. The Hall–Kier alpha value is -2.97. The van der Waals surface area contributed by atoms with Crippen LogP contribution in [0, 0.1) is 18.6 Å². The van der Waals surface area contributed by atoms with Crippen molar-refractivity contribution in [3.8, 4) is 0 Å². The summed E-state index contributed by atoms with van der Waals surface area (Å²) < 4.78 is 55.3. The molecule has 0 unspecified atom stereocenters. The third-order valence-corrected chi connectivity index (χ3v) is 7.20. The first-order chi connectivity index (χ1) is 15.7. The number of nitrogens with one attached hydrogen (secondary N) is 1. The van der Waals surface area contributed by atoms with Gasteiger partial charge in [0.15, 0.2) is 0 Å². The Kier molecular flexibility index (Phi) is 6.41. The molecule has 0 saturated heterocycles. The number of anilines is 1. The Bertz CT molecular complexity index is 1290. The van der Waals surface area contributed by atoms with E-state index in [0.29, 0.717) is 5.56 Å². The van der Waals surface area contributed by atoms with Gasteiger partial charge in [0.1, 0.15) is 11.6 Å². The van der Waals surface area contributed by atoms with Crippen LogP contribution in [0.1, 0.15) is 34.3 Å². The highest BCUT2D eigenvalue weighted by atomic mass is 35.5. The van der Waals surface area contributed by atoms with E-state index in [1.165, 1.54) is 55.5 Å². The summed E-state index contributed by atoms with van der Waals surface area (Å²) in [6, 6.07) is 13.9. The molecule has 3 aromatic carbocycles. The lowest BCUT2D eigenvalue weighted by Gasteiger charge is -2.23. The van der Waals surface area contributed by atoms with Crippen molar-refractivity contribution in [1.82, 2.24) is 4.90 Å². The first-order valence-electron chi connectivity index (χ1n) is 10.3. The highest BCUT2D eigenvalue weighted by Crippen LogP contribution is 2.32. The van der Waals surface area contributed by atoms with Crippen LogP contribution >= 0.6 is 11.6 Å². The quantitative estimate of drug-likeness (QED) is 0.473. The van der Waals surface area contributed by atoms with Crippen LogP contribution in [0.25, 0.3) is 0 Å². The number of amides is 1. The fraction of sp³-hybridized carbons (Fsp3) is 0.208. The SMILES string of the molecule is Cc1cc(S(=O)(=O)Nc2ccc(C(=O)N(Cc3c(F)cccc3Cl)C3CC3)cc2)ccc1F. The molecule has 1 saturated carbocycles. The van der Waals surface area contributed by atoms with E-state index < -0.39 is 21.7 Å². The second-order valence-corrected chi connectivity index (χ2v) is 10.0. The van der Waals surface area contributed by atoms with E-state index in [1.807, 2.05) is 0 Å². The second kappa shape index (κ2) is 9.11. The highest BCUT2D eigenvalue weighted by molar-refractivity contribution is 7.92. The van der Waals surface area contributed by atoms with Gasteiger partial charge in [0.2, 0.25) is 0 Å². The van der Waals surface area contributed by atoms with Crippen molar-refractivity contribution < 1.29 is 22.0 Å². The summed E-state index contributed by atoms with van der Waals surface area (Å²) >= 11 is 6.14. The van der Waals surface area contributed by atoms with Gasteiger partial charge in [0.05, 0.1) is 11.4 Å². The Morgan fingerprint density at radius 2 is 1.76 bits per heavy atom. The molecule has 3 aromatic rings. The first-order valence-corrected chi connectivity index (χ1v) is 12.1. The topological polar surface area (TPSA) is 66.5 Å². The number of hydrogen-bond donors (Lipinski definition) is 1. The molecule has 1 N–H and O–H groups in total. The van der Waals surface area contributed by atoms with Crippen LogP contribution in [0.3, 0.4) is 0 Å². The average molecular weight is 491 g/mol. The van der Waals surface area contributed by atoms with Gasteiger partial charge in [-0.3, -0.25) is 9.52 Å². The fourth-order valence-corrected chi connectivity index (χ4v) is 4.82. The Balaban J connectivity index is 1.52. The second-order valence-electron chi connectivity index (χ2n) is 7.96. The van der Waals surface area contributed by atoms with Gasteiger partial charge in [-0.15, -0.1) is 0 Å². The average Bonchev–Trinajstić information content (AvgIpc) is 3.60. The molecule has 0 bridgehead atoms. The van der Waals surface area contributed by atoms with E-state index in [2.05, 4.69) is 4.72 Å². The third kappa shape index (κ3) is 5.17. The maximum absolute atomic E-state index is 14.2. The van der Waals surface area contributed by atoms with E-state index in [1.54, 1.807) is 11.0 Å². The lowest BCUT2D eigenvalue weighted by molar-refractivity contribution is 0.0728. The Morgan fingerprint density at radius 3 is 2.36 bits per heavy atom. The Labute approximate surface area is 196 Å². The molecule has 0 aliphatic heterocycles. The number of sulfonamides is 1. The molecule has 0 radical (unpaired) electrons. The number of benzene rings is 3. The van der Waals surface area contributed by atoms with Crippen molar-refractivity contribution >= 4 is 33.2 Å². The minimum Gasteiger partial charge on any atom is -0.331 e. The van der Waals surface area contributed by atoms with Crippen LogP contribution < -0.4 is 4.72 Å². The molecule has 0 atom stereocenters. The predicted octanol–water partition coefficient (Wildman–Crippen LogP) is 5.53. The van der Waals surface area contributed by atoms with Crippen LogP contribution in [-0.2, 0) is 16.6 Å². The molecule has 5 nitrogen and oxygen atoms in total. The Morgan fingerprint density at radius 1 is 1.06 bits per heavy atom. The van der Waals surface area contributed by atoms with Crippen LogP contribution in [0.4, 0.5) is 14.5 Å². The molecule has 1 fully saturated rings. The summed E-state index contributed by atoms with van der Waals surface area (Å²) in [5.74, 6) is -1.25.